The fraction of sp³-hybridized carbons (Fsp3) is 0.300. The summed E-state index contributed by atoms with van der Waals surface area (Å²) in [5.74, 6) is 1.38. The van der Waals surface area contributed by atoms with Crippen molar-refractivity contribution in [1.29, 1.82) is 0 Å². The fourth-order valence-corrected chi connectivity index (χ4v) is 2.00. The largest absolute Gasteiger partial charge is 0.382 e. The Bertz CT molecular complexity index is 502. The Morgan fingerprint density at radius 1 is 1.27 bits per heavy atom. The monoisotopic (exact) mass is 201 g/mol. The van der Waals surface area contributed by atoms with Gasteiger partial charge in [-0.2, -0.15) is 0 Å². The lowest BCUT2D eigenvalue weighted by molar-refractivity contribution is 0.823. The molecule has 2 aromatic rings. The quantitative estimate of drug-likeness (QED) is 0.738. The molecule has 0 amide bonds. The normalized spacial score (nSPS) is 14.1. The SMILES string of the molecule is Nc1ccn(-c2ncnc3c2CCC3)n1. The molecule has 5 nitrogen and oxygen atoms in total. The van der Waals surface area contributed by atoms with Gasteiger partial charge in [-0.3, -0.25) is 0 Å². The molecule has 0 aromatic carbocycles. The summed E-state index contributed by atoms with van der Waals surface area (Å²) in [4.78, 5) is 8.54. The minimum Gasteiger partial charge on any atom is -0.382 e. The lowest BCUT2D eigenvalue weighted by Gasteiger charge is -2.05. The van der Waals surface area contributed by atoms with Crippen LogP contribution in [0.4, 0.5) is 5.82 Å². The molecule has 3 rings (SSSR count). The minimum atomic E-state index is 0.514. The van der Waals surface area contributed by atoms with Gasteiger partial charge in [0.25, 0.3) is 0 Å². The molecule has 0 aliphatic heterocycles. The van der Waals surface area contributed by atoms with E-state index in [0.29, 0.717) is 5.82 Å². The highest BCUT2D eigenvalue weighted by atomic mass is 15.3. The number of fused-ring (bicyclic) bond motifs is 1. The summed E-state index contributed by atoms with van der Waals surface area (Å²) in [5, 5.41) is 4.16. The Morgan fingerprint density at radius 3 is 3.00 bits per heavy atom. The van der Waals surface area contributed by atoms with Gasteiger partial charge in [-0.05, 0) is 19.3 Å². The molecular formula is C10H11N5. The molecule has 0 bridgehead atoms. The number of nitrogens with zero attached hydrogens (tertiary/aromatic N) is 4. The summed E-state index contributed by atoms with van der Waals surface area (Å²) in [5.41, 5.74) is 7.94. The Balaban J connectivity index is 2.16. The van der Waals surface area contributed by atoms with E-state index in [4.69, 9.17) is 5.73 Å². The van der Waals surface area contributed by atoms with Crippen molar-refractivity contribution in [1.82, 2.24) is 19.7 Å². The summed E-state index contributed by atoms with van der Waals surface area (Å²) in [6.45, 7) is 0. The summed E-state index contributed by atoms with van der Waals surface area (Å²) < 4.78 is 1.72. The Kier molecular flexibility index (Phi) is 1.71. The number of hydrogen-bond donors (Lipinski definition) is 1. The van der Waals surface area contributed by atoms with Crippen molar-refractivity contribution in [2.75, 3.05) is 5.73 Å². The number of aryl methyl sites for hydroxylation is 1. The molecule has 76 valence electrons. The van der Waals surface area contributed by atoms with E-state index in [-0.39, 0.29) is 0 Å². The van der Waals surface area contributed by atoms with Crippen LogP contribution >= 0.6 is 0 Å². The number of anilines is 1. The molecule has 15 heavy (non-hydrogen) atoms. The van der Waals surface area contributed by atoms with Crippen LogP contribution < -0.4 is 5.73 Å². The van der Waals surface area contributed by atoms with Crippen molar-refractivity contribution in [3.8, 4) is 5.82 Å². The standard InChI is InChI=1S/C10H11N5/c11-9-4-5-15(14-9)10-7-2-1-3-8(7)12-6-13-10/h4-6H,1-3H2,(H2,11,14). The Morgan fingerprint density at radius 2 is 2.20 bits per heavy atom. The molecule has 1 aliphatic rings. The third-order valence-electron chi connectivity index (χ3n) is 2.68. The van der Waals surface area contributed by atoms with Gasteiger partial charge in [-0.25, -0.2) is 14.6 Å². The molecule has 2 heterocycles. The number of aromatic nitrogens is 4. The van der Waals surface area contributed by atoms with Gasteiger partial charge in [0.05, 0.1) is 0 Å². The molecule has 5 heteroatoms. The van der Waals surface area contributed by atoms with E-state index in [1.807, 2.05) is 6.20 Å². The minimum absolute atomic E-state index is 0.514. The summed E-state index contributed by atoms with van der Waals surface area (Å²) >= 11 is 0. The number of rotatable bonds is 1. The molecule has 0 atom stereocenters. The van der Waals surface area contributed by atoms with Crippen molar-refractivity contribution in [2.24, 2.45) is 0 Å². The van der Waals surface area contributed by atoms with E-state index in [1.54, 1.807) is 17.1 Å². The van der Waals surface area contributed by atoms with Crippen LogP contribution in [0.1, 0.15) is 17.7 Å². The highest BCUT2D eigenvalue weighted by Gasteiger charge is 2.18. The molecule has 2 N–H and O–H groups in total. The van der Waals surface area contributed by atoms with Crippen molar-refractivity contribution < 1.29 is 0 Å². The van der Waals surface area contributed by atoms with Gasteiger partial charge < -0.3 is 5.73 Å². The van der Waals surface area contributed by atoms with Gasteiger partial charge in [0.1, 0.15) is 12.1 Å². The smallest absolute Gasteiger partial charge is 0.160 e. The molecule has 0 fully saturated rings. The van der Waals surface area contributed by atoms with Crippen molar-refractivity contribution in [3.63, 3.8) is 0 Å². The van der Waals surface area contributed by atoms with Crippen LogP contribution in [-0.2, 0) is 12.8 Å². The maximum atomic E-state index is 5.59. The first-order valence-corrected chi connectivity index (χ1v) is 4.99. The second kappa shape index (κ2) is 3.05. The molecular weight excluding hydrogens is 190 g/mol. The highest BCUT2D eigenvalue weighted by molar-refractivity contribution is 5.40. The van der Waals surface area contributed by atoms with Crippen LogP contribution in [0, 0.1) is 0 Å². The van der Waals surface area contributed by atoms with E-state index < -0.39 is 0 Å². The molecule has 1 aliphatic carbocycles. The molecule has 0 unspecified atom stereocenters. The van der Waals surface area contributed by atoms with E-state index in [0.717, 1.165) is 30.8 Å². The predicted molar refractivity (Wildman–Crippen MR) is 55.6 cm³/mol. The van der Waals surface area contributed by atoms with Crippen molar-refractivity contribution in [3.05, 3.63) is 29.8 Å². The molecule has 2 aromatic heterocycles. The van der Waals surface area contributed by atoms with Gasteiger partial charge in [-0.1, -0.05) is 0 Å². The van der Waals surface area contributed by atoms with Gasteiger partial charge >= 0.3 is 0 Å². The number of nitrogen functional groups attached to an aromatic ring is 1. The van der Waals surface area contributed by atoms with Gasteiger partial charge in [0, 0.05) is 23.5 Å². The second-order valence-electron chi connectivity index (χ2n) is 3.66. The zero-order valence-electron chi connectivity index (χ0n) is 8.22. The predicted octanol–water partition coefficient (Wildman–Crippen LogP) is 0.733. The Labute approximate surface area is 87.0 Å². The van der Waals surface area contributed by atoms with Crippen LogP contribution in [0.2, 0.25) is 0 Å². The average Bonchev–Trinajstić information content (AvgIpc) is 2.84. The van der Waals surface area contributed by atoms with Crippen LogP contribution in [-0.4, -0.2) is 19.7 Å². The van der Waals surface area contributed by atoms with Crippen LogP contribution in [0.3, 0.4) is 0 Å². The molecule has 0 saturated heterocycles. The molecule has 0 spiro atoms. The van der Waals surface area contributed by atoms with E-state index in [2.05, 4.69) is 15.1 Å². The fourth-order valence-electron chi connectivity index (χ4n) is 2.00. The summed E-state index contributed by atoms with van der Waals surface area (Å²) in [6, 6.07) is 1.77. The maximum Gasteiger partial charge on any atom is 0.160 e. The van der Waals surface area contributed by atoms with Crippen LogP contribution in [0.5, 0.6) is 0 Å². The third kappa shape index (κ3) is 1.27. The maximum absolute atomic E-state index is 5.59. The van der Waals surface area contributed by atoms with E-state index in [1.165, 1.54) is 5.56 Å². The summed E-state index contributed by atoms with van der Waals surface area (Å²) in [7, 11) is 0. The first-order chi connectivity index (χ1) is 7.34. The van der Waals surface area contributed by atoms with E-state index in [9.17, 15) is 0 Å². The lowest BCUT2D eigenvalue weighted by atomic mass is 10.2. The molecule has 0 saturated carbocycles. The van der Waals surface area contributed by atoms with Crippen LogP contribution in [0.25, 0.3) is 5.82 Å². The zero-order chi connectivity index (χ0) is 10.3. The first-order valence-electron chi connectivity index (χ1n) is 4.99. The highest BCUT2D eigenvalue weighted by Crippen LogP contribution is 2.23. The van der Waals surface area contributed by atoms with E-state index >= 15 is 0 Å². The van der Waals surface area contributed by atoms with Crippen LogP contribution in [0.15, 0.2) is 18.6 Å². The van der Waals surface area contributed by atoms with Gasteiger partial charge in [-0.15, -0.1) is 5.10 Å². The van der Waals surface area contributed by atoms with Gasteiger partial charge in [0.15, 0.2) is 5.82 Å². The number of hydrogen-bond acceptors (Lipinski definition) is 4. The lowest BCUT2D eigenvalue weighted by Crippen LogP contribution is -2.05. The second-order valence-corrected chi connectivity index (χ2v) is 3.66. The zero-order valence-corrected chi connectivity index (χ0v) is 8.22. The Hall–Kier alpha value is -1.91. The first kappa shape index (κ1) is 8.40. The number of nitrogens with two attached hydrogens (primary N) is 1. The topological polar surface area (TPSA) is 69.6 Å². The van der Waals surface area contributed by atoms with Crippen molar-refractivity contribution in [2.45, 2.75) is 19.3 Å². The van der Waals surface area contributed by atoms with Crippen molar-refractivity contribution >= 4 is 5.82 Å². The molecule has 0 radical (unpaired) electrons. The third-order valence-corrected chi connectivity index (χ3v) is 2.68. The average molecular weight is 201 g/mol. The summed E-state index contributed by atoms with van der Waals surface area (Å²) in [6.07, 6.45) is 6.65. The van der Waals surface area contributed by atoms with Gasteiger partial charge in [0.2, 0.25) is 0 Å².